The van der Waals surface area contributed by atoms with E-state index < -0.39 is 0 Å². The van der Waals surface area contributed by atoms with Crippen molar-refractivity contribution in [2.45, 2.75) is 6.92 Å². The summed E-state index contributed by atoms with van der Waals surface area (Å²) in [6, 6.07) is 0. The molecule has 0 aromatic rings. The summed E-state index contributed by atoms with van der Waals surface area (Å²) in [5.41, 5.74) is 0. The van der Waals surface area contributed by atoms with E-state index in [1.54, 1.807) is 12.2 Å². The van der Waals surface area contributed by atoms with Gasteiger partial charge in [0.15, 0.2) is 0 Å². The summed E-state index contributed by atoms with van der Waals surface area (Å²) >= 11 is 0. The summed E-state index contributed by atoms with van der Waals surface area (Å²) in [5, 5.41) is 8.22. The average molecular weight is 116 g/mol. The molecule has 0 bridgehead atoms. The molecular formula is C6H12O2. The van der Waals surface area contributed by atoms with E-state index in [1.807, 2.05) is 6.92 Å². The first-order valence-electron chi connectivity index (χ1n) is 2.75. The Balaban J connectivity index is 2.80. The Kier molecular flexibility index (Phi) is 6.38. The smallest absolute Gasteiger partial charge is 0.0648 e. The van der Waals surface area contributed by atoms with E-state index >= 15 is 0 Å². The topological polar surface area (TPSA) is 29.5 Å². The molecule has 0 heterocycles. The molecule has 48 valence electrons. The molecule has 0 unspecified atom stereocenters. The number of rotatable bonds is 4. The van der Waals surface area contributed by atoms with Crippen LogP contribution in [-0.2, 0) is 4.74 Å². The molecule has 0 aromatic carbocycles. The molecule has 1 N–H and O–H groups in total. The molecular weight excluding hydrogens is 104 g/mol. The van der Waals surface area contributed by atoms with E-state index in [-0.39, 0.29) is 6.61 Å². The average Bonchev–Trinajstić information content (AvgIpc) is 1.81. The maximum Gasteiger partial charge on any atom is 0.0648 e. The van der Waals surface area contributed by atoms with Gasteiger partial charge < -0.3 is 9.84 Å². The van der Waals surface area contributed by atoms with Crippen molar-refractivity contribution in [3.8, 4) is 0 Å². The number of hydrogen-bond acceptors (Lipinski definition) is 2. The molecule has 0 amide bonds. The van der Waals surface area contributed by atoms with E-state index in [4.69, 9.17) is 9.84 Å². The fraction of sp³-hybridized carbons (Fsp3) is 0.667. The van der Waals surface area contributed by atoms with Gasteiger partial charge in [0.2, 0.25) is 0 Å². The van der Waals surface area contributed by atoms with Crippen molar-refractivity contribution in [3.63, 3.8) is 0 Å². The lowest BCUT2D eigenvalue weighted by Crippen LogP contribution is -1.88. The number of ether oxygens (including phenoxy) is 1. The van der Waals surface area contributed by atoms with E-state index in [9.17, 15) is 0 Å². The molecule has 0 fully saturated rings. The van der Waals surface area contributed by atoms with Crippen molar-refractivity contribution < 1.29 is 9.84 Å². The largest absolute Gasteiger partial charge is 0.392 e. The van der Waals surface area contributed by atoms with Crippen molar-refractivity contribution in [3.05, 3.63) is 12.2 Å². The number of aliphatic hydroxyl groups is 1. The highest BCUT2D eigenvalue weighted by Crippen LogP contribution is 1.74. The highest BCUT2D eigenvalue weighted by atomic mass is 16.5. The van der Waals surface area contributed by atoms with E-state index in [2.05, 4.69) is 0 Å². The lowest BCUT2D eigenvalue weighted by atomic mass is 10.5. The van der Waals surface area contributed by atoms with Crippen molar-refractivity contribution >= 4 is 0 Å². The summed E-state index contributed by atoms with van der Waals surface area (Å²) in [4.78, 5) is 0. The molecule has 0 aliphatic carbocycles. The van der Waals surface area contributed by atoms with Crippen molar-refractivity contribution in [1.29, 1.82) is 0 Å². The third kappa shape index (κ3) is 5.66. The van der Waals surface area contributed by atoms with Crippen LogP contribution in [0.1, 0.15) is 6.92 Å². The summed E-state index contributed by atoms with van der Waals surface area (Å²) in [5.74, 6) is 0. The van der Waals surface area contributed by atoms with Gasteiger partial charge >= 0.3 is 0 Å². The van der Waals surface area contributed by atoms with Crippen LogP contribution >= 0.6 is 0 Å². The Morgan fingerprint density at radius 3 is 2.75 bits per heavy atom. The minimum absolute atomic E-state index is 0.104. The van der Waals surface area contributed by atoms with Crippen LogP contribution in [0.2, 0.25) is 0 Å². The van der Waals surface area contributed by atoms with Crippen molar-refractivity contribution in [2.24, 2.45) is 0 Å². The first-order chi connectivity index (χ1) is 3.91. The van der Waals surface area contributed by atoms with Gasteiger partial charge in [-0.15, -0.1) is 0 Å². The molecule has 0 aliphatic rings. The number of aliphatic hydroxyl groups excluding tert-OH is 1. The van der Waals surface area contributed by atoms with Gasteiger partial charge in [-0.1, -0.05) is 12.2 Å². The third-order valence-electron chi connectivity index (χ3n) is 0.690. The zero-order valence-electron chi connectivity index (χ0n) is 5.13. The summed E-state index contributed by atoms with van der Waals surface area (Å²) < 4.78 is 4.94. The molecule has 0 saturated carbocycles. The molecule has 0 radical (unpaired) electrons. The zero-order chi connectivity index (χ0) is 6.24. The fourth-order valence-electron chi connectivity index (χ4n) is 0.328. The zero-order valence-corrected chi connectivity index (χ0v) is 5.13. The molecule has 2 nitrogen and oxygen atoms in total. The third-order valence-corrected chi connectivity index (χ3v) is 0.690. The van der Waals surface area contributed by atoms with Crippen LogP contribution in [0.4, 0.5) is 0 Å². The Morgan fingerprint density at radius 1 is 1.50 bits per heavy atom. The van der Waals surface area contributed by atoms with Crippen LogP contribution in [0.15, 0.2) is 12.2 Å². The Hall–Kier alpha value is -0.340. The second kappa shape index (κ2) is 6.66. The monoisotopic (exact) mass is 116 g/mol. The molecule has 0 aliphatic heterocycles. The predicted molar refractivity (Wildman–Crippen MR) is 32.7 cm³/mol. The molecule has 8 heavy (non-hydrogen) atoms. The summed E-state index contributed by atoms with van der Waals surface area (Å²) in [7, 11) is 0. The highest BCUT2D eigenvalue weighted by molar-refractivity contribution is 4.79. The highest BCUT2D eigenvalue weighted by Gasteiger charge is 1.72. The molecule has 0 saturated heterocycles. The summed E-state index contributed by atoms with van der Waals surface area (Å²) in [6.45, 7) is 3.38. The van der Waals surface area contributed by atoms with Gasteiger partial charge in [0.05, 0.1) is 13.2 Å². The second-order valence-corrected chi connectivity index (χ2v) is 1.31. The molecule has 0 aromatic heterocycles. The van der Waals surface area contributed by atoms with Gasteiger partial charge in [-0.3, -0.25) is 0 Å². The first-order valence-corrected chi connectivity index (χ1v) is 2.75. The van der Waals surface area contributed by atoms with Crippen LogP contribution in [0.5, 0.6) is 0 Å². The van der Waals surface area contributed by atoms with Gasteiger partial charge in [-0.2, -0.15) is 0 Å². The van der Waals surface area contributed by atoms with Crippen LogP contribution in [0, 0.1) is 0 Å². The predicted octanol–water partition coefficient (Wildman–Crippen LogP) is 0.571. The van der Waals surface area contributed by atoms with E-state index in [0.29, 0.717) is 6.61 Å². The Labute approximate surface area is 49.8 Å². The van der Waals surface area contributed by atoms with Gasteiger partial charge in [0.1, 0.15) is 0 Å². The van der Waals surface area contributed by atoms with Gasteiger partial charge in [-0.25, -0.2) is 0 Å². The SMILES string of the molecule is CCOC/C=C\CO. The standard InChI is InChI=1S/C6H12O2/c1-2-8-6-4-3-5-7/h3-4,7H,2,5-6H2,1H3/b4-3-. The minimum Gasteiger partial charge on any atom is -0.392 e. The van der Waals surface area contributed by atoms with E-state index in [1.165, 1.54) is 0 Å². The quantitative estimate of drug-likeness (QED) is 0.430. The van der Waals surface area contributed by atoms with E-state index in [0.717, 1.165) is 6.61 Å². The maximum atomic E-state index is 8.22. The Morgan fingerprint density at radius 2 is 2.25 bits per heavy atom. The molecule has 0 rings (SSSR count). The van der Waals surface area contributed by atoms with Crippen LogP contribution in [0.25, 0.3) is 0 Å². The lowest BCUT2D eigenvalue weighted by Gasteiger charge is -1.90. The van der Waals surface area contributed by atoms with Gasteiger partial charge in [0, 0.05) is 6.61 Å². The van der Waals surface area contributed by atoms with Crippen LogP contribution < -0.4 is 0 Å². The summed E-state index contributed by atoms with van der Waals surface area (Å²) in [6.07, 6.45) is 3.46. The number of hydrogen-bond donors (Lipinski definition) is 1. The first kappa shape index (κ1) is 7.66. The Bertz CT molecular complexity index is 59.5. The van der Waals surface area contributed by atoms with Gasteiger partial charge in [0.25, 0.3) is 0 Å². The fourth-order valence-corrected chi connectivity index (χ4v) is 0.328. The second-order valence-electron chi connectivity index (χ2n) is 1.31. The van der Waals surface area contributed by atoms with Crippen molar-refractivity contribution in [1.82, 2.24) is 0 Å². The molecule has 2 heteroatoms. The molecule has 0 spiro atoms. The maximum absolute atomic E-state index is 8.22. The van der Waals surface area contributed by atoms with Crippen molar-refractivity contribution in [2.75, 3.05) is 19.8 Å². The normalized spacial score (nSPS) is 10.8. The van der Waals surface area contributed by atoms with Crippen LogP contribution in [0.3, 0.4) is 0 Å². The van der Waals surface area contributed by atoms with Gasteiger partial charge in [-0.05, 0) is 6.92 Å². The molecule has 0 atom stereocenters. The van der Waals surface area contributed by atoms with Crippen LogP contribution in [-0.4, -0.2) is 24.9 Å². The lowest BCUT2D eigenvalue weighted by molar-refractivity contribution is 0.177. The minimum atomic E-state index is 0.104.